The quantitative estimate of drug-likeness (QED) is 0.799. The van der Waals surface area contributed by atoms with Crippen molar-refractivity contribution in [3.8, 4) is 0 Å². The Kier molecular flexibility index (Phi) is 3.28. The summed E-state index contributed by atoms with van der Waals surface area (Å²) in [5, 5.41) is 10.1. The highest BCUT2D eigenvalue weighted by atomic mass is 79.9. The fourth-order valence-electron chi connectivity index (χ4n) is 2.13. The summed E-state index contributed by atoms with van der Waals surface area (Å²) in [6.07, 6.45) is 3.70. The molecule has 4 nitrogen and oxygen atoms in total. The Morgan fingerprint density at radius 1 is 1.25 bits per heavy atom. The van der Waals surface area contributed by atoms with Crippen molar-refractivity contribution in [2.75, 3.05) is 0 Å². The molecule has 0 aliphatic heterocycles. The first-order chi connectivity index (χ1) is 9.63. The van der Waals surface area contributed by atoms with Crippen molar-refractivity contribution in [2.24, 2.45) is 0 Å². The molecule has 1 N–H and O–H groups in total. The van der Waals surface area contributed by atoms with Crippen LogP contribution in [0, 0.1) is 0 Å². The summed E-state index contributed by atoms with van der Waals surface area (Å²) >= 11 is 3.35. The van der Waals surface area contributed by atoms with Crippen molar-refractivity contribution in [3.63, 3.8) is 0 Å². The molecule has 0 saturated heterocycles. The van der Waals surface area contributed by atoms with Crippen molar-refractivity contribution in [2.45, 2.75) is 6.54 Å². The molecular formula is C15H11BrN2O2. The van der Waals surface area contributed by atoms with E-state index >= 15 is 0 Å². The van der Waals surface area contributed by atoms with E-state index in [0.29, 0.717) is 12.1 Å². The number of halogens is 1. The molecular weight excluding hydrogens is 320 g/mol. The number of aromatic carboxylic acids is 1. The van der Waals surface area contributed by atoms with Crippen LogP contribution in [0.3, 0.4) is 0 Å². The molecule has 0 saturated carbocycles. The molecule has 2 aromatic heterocycles. The van der Waals surface area contributed by atoms with Gasteiger partial charge in [0.05, 0.1) is 17.8 Å². The lowest BCUT2D eigenvalue weighted by molar-refractivity contribution is 0.0697. The second-order valence-electron chi connectivity index (χ2n) is 4.49. The first-order valence-corrected chi connectivity index (χ1v) is 6.85. The van der Waals surface area contributed by atoms with Crippen LogP contribution in [-0.2, 0) is 6.54 Å². The summed E-state index contributed by atoms with van der Waals surface area (Å²) in [7, 11) is 0. The number of carboxylic acid groups (broad SMARTS) is 1. The zero-order valence-corrected chi connectivity index (χ0v) is 12.0. The maximum Gasteiger partial charge on any atom is 0.335 e. The number of aromatic nitrogens is 2. The fourth-order valence-corrected chi connectivity index (χ4v) is 2.36. The van der Waals surface area contributed by atoms with Gasteiger partial charge in [0, 0.05) is 22.4 Å². The predicted molar refractivity (Wildman–Crippen MR) is 79.9 cm³/mol. The largest absolute Gasteiger partial charge is 0.478 e. The summed E-state index contributed by atoms with van der Waals surface area (Å²) < 4.78 is 2.93. The van der Waals surface area contributed by atoms with Gasteiger partial charge in [-0.3, -0.25) is 4.98 Å². The second-order valence-corrected chi connectivity index (χ2v) is 5.41. The van der Waals surface area contributed by atoms with E-state index in [1.165, 1.54) is 0 Å². The van der Waals surface area contributed by atoms with Gasteiger partial charge in [-0.25, -0.2) is 4.79 Å². The van der Waals surface area contributed by atoms with E-state index in [9.17, 15) is 4.79 Å². The zero-order valence-electron chi connectivity index (χ0n) is 10.5. The van der Waals surface area contributed by atoms with E-state index in [1.807, 2.05) is 35.0 Å². The number of rotatable bonds is 3. The third-order valence-corrected chi connectivity index (χ3v) is 3.61. The summed E-state index contributed by atoms with van der Waals surface area (Å²) in [5.41, 5.74) is 2.11. The number of carboxylic acids is 1. The number of hydrogen-bond acceptors (Lipinski definition) is 2. The highest BCUT2D eigenvalue weighted by Crippen LogP contribution is 2.19. The summed E-state index contributed by atoms with van der Waals surface area (Å²) in [6.45, 7) is 0.611. The molecule has 0 bridgehead atoms. The Labute approximate surface area is 123 Å². The molecule has 0 aliphatic carbocycles. The van der Waals surface area contributed by atoms with E-state index in [4.69, 9.17) is 5.11 Å². The normalized spacial score (nSPS) is 10.8. The highest BCUT2D eigenvalue weighted by molar-refractivity contribution is 9.10. The molecule has 0 atom stereocenters. The molecule has 3 rings (SSSR count). The average Bonchev–Trinajstić information content (AvgIpc) is 2.84. The van der Waals surface area contributed by atoms with Crippen molar-refractivity contribution in [1.82, 2.24) is 9.55 Å². The number of pyridine rings is 1. The minimum atomic E-state index is -0.915. The van der Waals surface area contributed by atoms with Gasteiger partial charge in [0.2, 0.25) is 0 Å². The summed E-state index contributed by atoms with van der Waals surface area (Å²) in [5.74, 6) is -0.915. The molecule has 3 aromatic rings. The van der Waals surface area contributed by atoms with Gasteiger partial charge in [-0.1, -0.05) is 6.07 Å². The molecule has 1 aromatic carbocycles. The van der Waals surface area contributed by atoms with Crippen LogP contribution in [0.5, 0.6) is 0 Å². The Morgan fingerprint density at radius 3 is 2.80 bits per heavy atom. The Balaban J connectivity index is 2.00. The Hall–Kier alpha value is -2.14. The first-order valence-electron chi connectivity index (χ1n) is 6.06. The monoisotopic (exact) mass is 330 g/mol. The van der Waals surface area contributed by atoms with E-state index < -0.39 is 5.97 Å². The van der Waals surface area contributed by atoms with Crippen LogP contribution < -0.4 is 0 Å². The van der Waals surface area contributed by atoms with Gasteiger partial charge in [0.1, 0.15) is 0 Å². The smallest absolute Gasteiger partial charge is 0.335 e. The van der Waals surface area contributed by atoms with E-state index in [0.717, 1.165) is 21.1 Å². The predicted octanol–water partition coefficient (Wildman–Crippen LogP) is 3.55. The first kappa shape index (κ1) is 12.9. The lowest BCUT2D eigenvalue weighted by Gasteiger charge is -2.06. The molecule has 20 heavy (non-hydrogen) atoms. The molecule has 0 amide bonds. The maximum atomic E-state index is 11.0. The lowest BCUT2D eigenvalue weighted by atomic mass is 10.1. The lowest BCUT2D eigenvalue weighted by Crippen LogP contribution is -2.01. The average molecular weight is 331 g/mol. The molecule has 2 heterocycles. The minimum absolute atomic E-state index is 0.293. The van der Waals surface area contributed by atoms with Crippen molar-refractivity contribution in [3.05, 3.63) is 64.5 Å². The Bertz CT molecular complexity index is 778. The van der Waals surface area contributed by atoms with Gasteiger partial charge in [-0.2, -0.15) is 0 Å². The van der Waals surface area contributed by atoms with Crippen LogP contribution in [0.1, 0.15) is 16.1 Å². The van der Waals surface area contributed by atoms with E-state index in [2.05, 4.69) is 20.9 Å². The number of fused-ring (bicyclic) bond motifs is 1. The van der Waals surface area contributed by atoms with E-state index in [-0.39, 0.29) is 0 Å². The molecule has 0 unspecified atom stereocenters. The SMILES string of the molecule is O=C(O)c1ccc2ccn(Cc3ccc(Br)cn3)c2c1. The van der Waals surface area contributed by atoms with E-state index in [1.54, 1.807) is 18.3 Å². The number of nitrogens with zero attached hydrogens (tertiary/aromatic N) is 2. The maximum absolute atomic E-state index is 11.0. The van der Waals surface area contributed by atoms with Gasteiger partial charge < -0.3 is 9.67 Å². The van der Waals surface area contributed by atoms with Crippen molar-refractivity contribution < 1.29 is 9.90 Å². The summed E-state index contributed by atoms with van der Waals surface area (Å²) in [6, 6.07) is 11.0. The third-order valence-electron chi connectivity index (χ3n) is 3.14. The van der Waals surface area contributed by atoms with Crippen LogP contribution in [0.4, 0.5) is 0 Å². The zero-order chi connectivity index (χ0) is 14.1. The van der Waals surface area contributed by atoms with Crippen molar-refractivity contribution >= 4 is 32.8 Å². The third kappa shape index (κ3) is 2.44. The van der Waals surface area contributed by atoms with Crippen LogP contribution in [0.15, 0.2) is 53.3 Å². The Morgan fingerprint density at radius 2 is 2.10 bits per heavy atom. The standard InChI is InChI=1S/C15H11BrN2O2/c16-12-3-4-13(17-8-12)9-18-6-5-10-1-2-11(15(19)20)7-14(10)18/h1-8H,9H2,(H,19,20). The van der Waals surface area contributed by atoms with Gasteiger partial charge in [-0.05, 0) is 51.6 Å². The molecule has 0 fully saturated rings. The van der Waals surface area contributed by atoms with Gasteiger partial charge in [0.25, 0.3) is 0 Å². The number of hydrogen-bond donors (Lipinski definition) is 1. The molecule has 100 valence electrons. The summed E-state index contributed by atoms with van der Waals surface area (Å²) in [4.78, 5) is 15.4. The fraction of sp³-hybridized carbons (Fsp3) is 0.0667. The van der Waals surface area contributed by atoms with Crippen LogP contribution in [0.25, 0.3) is 10.9 Å². The topological polar surface area (TPSA) is 55.1 Å². The molecule has 5 heteroatoms. The van der Waals surface area contributed by atoms with Gasteiger partial charge in [0.15, 0.2) is 0 Å². The second kappa shape index (κ2) is 5.09. The minimum Gasteiger partial charge on any atom is -0.478 e. The van der Waals surface area contributed by atoms with Crippen LogP contribution >= 0.6 is 15.9 Å². The molecule has 0 radical (unpaired) electrons. The molecule has 0 aliphatic rings. The highest BCUT2D eigenvalue weighted by Gasteiger charge is 2.07. The van der Waals surface area contributed by atoms with Gasteiger partial charge >= 0.3 is 5.97 Å². The van der Waals surface area contributed by atoms with Crippen LogP contribution in [0.2, 0.25) is 0 Å². The van der Waals surface area contributed by atoms with Crippen LogP contribution in [-0.4, -0.2) is 20.6 Å². The van der Waals surface area contributed by atoms with Gasteiger partial charge in [-0.15, -0.1) is 0 Å². The number of carbonyl (C=O) groups is 1. The molecule has 0 spiro atoms. The number of benzene rings is 1. The van der Waals surface area contributed by atoms with Crippen molar-refractivity contribution in [1.29, 1.82) is 0 Å².